The van der Waals surface area contributed by atoms with Crippen molar-refractivity contribution in [3.05, 3.63) is 59.7 Å². The van der Waals surface area contributed by atoms with Crippen LogP contribution in [0.3, 0.4) is 0 Å². The fourth-order valence-corrected chi connectivity index (χ4v) is 3.15. The van der Waals surface area contributed by atoms with Crippen LogP contribution in [0.5, 0.6) is 0 Å². The predicted molar refractivity (Wildman–Crippen MR) is 161 cm³/mol. The highest BCUT2D eigenvalue weighted by Gasteiger charge is 2.19. The Morgan fingerprint density at radius 3 is 1.58 bits per heavy atom. The van der Waals surface area contributed by atoms with Crippen LogP contribution in [-0.4, -0.2) is 67.2 Å². The molecule has 0 atom stereocenters. The molecule has 0 bridgehead atoms. The van der Waals surface area contributed by atoms with E-state index in [0.717, 1.165) is 0 Å². The molecule has 0 fully saturated rings. The molecule has 0 unspecified atom stereocenters. The maximum Gasteiger partial charge on any atom is 0.407 e. The second kappa shape index (κ2) is 16.0. The maximum atomic E-state index is 13.0. The van der Waals surface area contributed by atoms with Crippen molar-refractivity contribution in [2.45, 2.75) is 92.1 Å². The lowest BCUT2D eigenvalue weighted by Gasteiger charge is -2.20. The van der Waals surface area contributed by atoms with Crippen LogP contribution in [0.1, 0.15) is 83.0 Å². The second-order valence-corrected chi connectivity index (χ2v) is 12.9. The van der Waals surface area contributed by atoms with E-state index in [9.17, 15) is 23.2 Å². The summed E-state index contributed by atoms with van der Waals surface area (Å²) < 4.78 is 33.4. The van der Waals surface area contributed by atoms with Crippen LogP contribution < -0.4 is 21.7 Å². The van der Waals surface area contributed by atoms with Crippen LogP contribution in [0, 0.1) is 0 Å². The number of carbonyl (C=O) groups excluding carboxylic acids is 3. The van der Waals surface area contributed by atoms with Crippen LogP contribution in [0.15, 0.2) is 48.6 Å². The van der Waals surface area contributed by atoms with Gasteiger partial charge in [0.1, 0.15) is 5.60 Å². The third-order valence-electron chi connectivity index (χ3n) is 4.93. The van der Waals surface area contributed by atoms with Gasteiger partial charge in [-0.2, -0.15) is 10.2 Å². The minimum absolute atomic E-state index is 0.0191. The van der Waals surface area contributed by atoms with Gasteiger partial charge in [0, 0.05) is 36.6 Å². The highest BCUT2D eigenvalue weighted by Crippen LogP contribution is 2.09. The summed E-state index contributed by atoms with van der Waals surface area (Å²) >= 11 is 0. The smallest absolute Gasteiger partial charge is 0.407 e. The number of hydrogen-bond acceptors (Lipinski definition) is 7. The maximum absolute atomic E-state index is 13.0. The molecule has 0 radical (unpaired) electrons. The van der Waals surface area contributed by atoms with Gasteiger partial charge < -0.3 is 26.4 Å². The molecule has 2 rings (SSSR count). The third kappa shape index (κ3) is 15.7. The molecule has 0 aliphatic heterocycles. The van der Waals surface area contributed by atoms with E-state index in [-0.39, 0.29) is 54.6 Å². The Kier molecular flexibility index (Phi) is 13.7. The topological polar surface area (TPSA) is 158 Å². The number of halogens is 2. The summed E-state index contributed by atoms with van der Waals surface area (Å²) in [6.07, 6.45) is 6.21. The second-order valence-electron chi connectivity index (χ2n) is 12.9. The Morgan fingerprint density at radius 1 is 0.814 bits per heavy atom. The van der Waals surface area contributed by atoms with Gasteiger partial charge >= 0.3 is 6.09 Å². The molecule has 2 heterocycles. The molecule has 0 aliphatic rings. The largest absolute Gasteiger partial charge is 0.444 e. The number of nitrogens with zero attached hydrogens (tertiary/aromatic N) is 4. The zero-order chi connectivity index (χ0) is 33.0. The summed E-state index contributed by atoms with van der Waals surface area (Å²) in [7, 11) is 0. The average molecular weight is 609 g/mol. The first kappa shape index (κ1) is 37.0. The molecule has 3 amide bonds. The Balaban J connectivity index is 0.000000453. The number of alkyl carbamates (subject to hydrolysis) is 1. The Morgan fingerprint density at radius 2 is 1.23 bits per heavy atom. The lowest BCUT2D eigenvalue weighted by atomic mass is 10.1. The van der Waals surface area contributed by atoms with Gasteiger partial charge in [0.25, 0.3) is 11.8 Å². The number of nitrogens with one attached hydrogen (secondary N) is 3. The van der Waals surface area contributed by atoms with Crippen molar-refractivity contribution in [3.63, 3.8) is 0 Å². The van der Waals surface area contributed by atoms with Gasteiger partial charge in [0.2, 0.25) is 0 Å². The summed E-state index contributed by atoms with van der Waals surface area (Å²) in [6.45, 7) is 17.0. The number of amides is 3. The van der Waals surface area contributed by atoms with Crippen molar-refractivity contribution in [2.24, 2.45) is 5.73 Å². The molecular formula is C29H46F2N8O4. The van der Waals surface area contributed by atoms with Gasteiger partial charge in [0.15, 0.2) is 0 Å². The molecule has 5 N–H and O–H groups in total. The summed E-state index contributed by atoms with van der Waals surface area (Å²) in [5.74, 6) is -0.455. The lowest BCUT2D eigenvalue weighted by molar-refractivity contribution is 0.0531. The van der Waals surface area contributed by atoms with Gasteiger partial charge in [-0.25, -0.2) is 13.6 Å². The molecule has 0 aliphatic carbocycles. The van der Waals surface area contributed by atoms with Crippen molar-refractivity contribution in [1.82, 2.24) is 35.5 Å². The minimum Gasteiger partial charge on any atom is -0.444 e. The molecule has 0 saturated heterocycles. The molecule has 240 valence electrons. The van der Waals surface area contributed by atoms with E-state index in [1.54, 1.807) is 27.0 Å². The molecule has 2 aromatic heterocycles. The lowest BCUT2D eigenvalue weighted by Crippen LogP contribution is -2.40. The Bertz CT molecular complexity index is 1280. The SMILES string of the molecule is CC(C)(C)NC(=O)c1cnn(C/C(=C/F)CN)c1.CC(C)(C)NC(=O)c1cnn(C/C(=C/F)CNC(=O)OC(C)(C)C)c1. The van der Waals surface area contributed by atoms with Crippen molar-refractivity contribution >= 4 is 17.9 Å². The van der Waals surface area contributed by atoms with Gasteiger partial charge in [0.05, 0.1) is 49.3 Å². The first-order valence-electron chi connectivity index (χ1n) is 13.7. The number of nitrogens with two attached hydrogens (primary N) is 1. The fraction of sp³-hybridized carbons (Fsp3) is 0.552. The summed E-state index contributed by atoms with van der Waals surface area (Å²) in [6, 6.07) is 0. The fourth-order valence-electron chi connectivity index (χ4n) is 3.15. The van der Waals surface area contributed by atoms with Gasteiger partial charge in [-0.3, -0.25) is 19.0 Å². The van der Waals surface area contributed by atoms with Crippen LogP contribution in [-0.2, 0) is 17.8 Å². The van der Waals surface area contributed by atoms with Crippen LogP contribution in [0.4, 0.5) is 13.6 Å². The summed E-state index contributed by atoms with van der Waals surface area (Å²) in [5, 5.41) is 16.2. The van der Waals surface area contributed by atoms with Crippen molar-refractivity contribution in [3.8, 4) is 0 Å². The summed E-state index contributed by atoms with van der Waals surface area (Å²) in [5.41, 5.74) is 5.60. The van der Waals surface area contributed by atoms with Crippen molar-refractivity contribution < 1.29 is 27.9 Å². The predicted octanol–water partition coefficient (Wildman–Crippen LogP) is 4.01. The van der Waals surface area contributed by atoms with Crippen molar-refractivity contribution in [2.75, 3.05) is 13.1 Å². The normalized spacial score (nSPS) is 12.7. The average Bonchev–Trinajstić information content (AvgIpc) is 3.52. The molecule has 0 spiro atoms. The van der Waals surface area contributed by atoms with E-state index < -0.39 is 11.7 Å². The highest BCUT2D eigenvalue weighted by molar-refractivity contribution is 5.94. The van der Waals surface area contributed by atoms with Crippen LogP contribution in [0.25, 0.3) is 0 Å². The van der Waals surface area contributed by atoms with Crippen LogP contribution >= 0.6 is 0 Å². The first-order valence-corrected chi connectivity index (χ1v) is 13.7. The molecule has 43 heavy (non-hydrogen) atoms. The first-order chi connectivity index (χ1) is 19.7. The minimum atomic E-state index is -0.627. The molecule has 0 saturated carbocycles. The van der Waals surface area contributed by atoms with E-state index in [2.05, 4.69) is 26.1 Å². The van der Waals surface area contributed by atoms with Gasteiger partial charge in [-0.05, 0) is 73.5 Å². The molecule has 2 aromatic rings. The van der Waals surface area contributed by atoms with Crippen LogP contribution in [0.2, 0.25) is 0 Å². The quantitative estimate of drug-likeness (QED) is 0.335. The van der Waals surface area contributed by atoms with E-state index in [1.165, 1.54) is 28.0 Å². The molecule has 14 heteroatoms. The number of rotatable bonds is 9. The number of carbonyl (C=O) groups is 3. The molecular weight excluding hydrogens is 562 g/mol. The Hall–Kier alpha value is -4.07. The highest BCUT2D eigenvalue weighted by atomic mass is 19.1. The third-order valence-corrected chi connectivity index (χ3v) is 4.93. The monoisotopic (exact) mass is 608 g/mol. The zero-order valence-corrected chi connectivity index (χ0v) is 26.5. The summed E-state index contributed by atoms with van der Waals surface area (Å²) in [4.78, 5) is 35.5. The van der Waals surface area contributed by atoms with E-state index >= 15 is 0 Å². The van der Waals surface area contributed by atoms with E-state index in [4.69, 9.17) is 10.5 Å². The van der Waals surface area contributed by atoms with Gasteiger partial charge in [-0.1, -0.05) is 0 Å². The molecule has 12 nitrogen and oxygen atoms in total. The van der Waals surface area contributed by atoms with Crippen molar-refractivity contribution in [1.29, 1.82) is 0 Å². The Labute approximate surface area is 252 Å². The number of aromatic nitrogens is 4. The molecule has 0 aromatic carbocycles. The zero-order valence-electron chi connectivity index (χ0n) is 26.5. The standard InChI is InChI=1S/C17H27FN4O3.C12H19FN4O/c1-16(2,3)21-14(23)13-9-20-22(11-13)10-12(7-18)8-19-15(24)25-17(4,5)6;1-12(2,3)16-11(18)10-6-15-17(8-10)7-9(4-13)5-14/h7,9,11H,8,10H2,1-6H3,(H,19,24)(H,21,23);4,6,8H,5,7,14H2,1-3H3,(H,16,18)/b12-7+;9-4+. The van der Waals surface area contributed by atoms with E-state index in [1.807, 2.05) is 41.5 Å². The van der Waals surface area contributed by atoms with E-state index in [0.29, 0.717) is 29.4 Å². The number of ether oxygens (including phenoxy) is 1. The number of hydrogen-bond donors (Lipinski definition) is 4. The van der Waals surface area contributed by atoms with Gasteiger partial charge in [-0.15, -0.1) is 0 Å².